The zero-order valence-electron chi connectivity index (χ0n) is 15.8. The molecule has 1 saturated heterocycles. The molecule has 1 heterocycles. The van der Waals surface area contributed by atoms with Gasteiger partial charge in [0.25, 0.3) is 0 Å². The van der Waals surface area contributed by atoms with Gasteiger partial charge in [-0.1, -0.05) is 0 Å². The third kappa shape index (κ3) is 2.72. The Hall–Kier alpha value is -1.59. The van der Waals surface area contributed by atoms with E-state index in [1.54, 1.807) is 4.90 Å². The van der Waals surface area contributed by atoms with Crippen LogP contribution >= 0.6 is 0 Å². The van der Waals surface area contributed by atoms with Gasteiger partial charge in [-0.05, 0) is 76.0 Å². The molecule has 0 spiro atoms. The van der Waals surface area contributed by atoms with E-state index in [0.29, 0.717) is 30.7 Å². The molecular weight excluding hydrogens is 332 g/mol. The summed E-state index contributed by atoms with van der Waals surface area (Å²) < 4.78 is 0. The van der Waals surface area contributed by atoms with Gasteiger partial charge in [-0.15, -0.1) is 0 Å². The van der Waals surface area contributed by atoms with Crippen LogP contribution in [0.4, 0.5) is 0 Å². The van der Waals surface area contributed by atoms with Crippen molar-refractivity contribution in [2.24, 2.45) is 23.2 Å². The maximum absolute atomic E-state index is 13.6. The van der Waals surface area contributed by atoms with E-state index < -0.39 is 18.1 Å². The van der Waals surface area contributed by atoms with Crippen molar-refractivity contribution < 1.29 is 19.5 Å². The molecule has 4 bridgehead atoms. The Morgan fingerprint density at radius 2 is 1.62 bits per heavy atom. The molecule has 4 aliphatic carbocycles. The van der Waals surface area contributed by atoms with E-state index in [0.717, 1.165) is 25.7 Å². The first-order valence-corrected chi connectivity index (χ1v) is 10.1. The van der Waals surface area contributed by atoms with Crippen LogP contribution in [0.25, 0.3) is 0 Å². The molecule has 0 aromatic heterocycles. The number of aliphatic carboxylic acids is 1. The number of hydrogen-bond donors (Lipinski definition) is 1. The second-order valence-electron chi connectivity index (χ2n) is 9.32. The molecule has 4 saturated carbocycles. The van der Waals surface area contributed by atoms with Crippen molar-refractivity contribution in [3.63, 3.8) is 0 Å². The quantitative estimate of drug-likeness (QED) is 0.831. The van der Waals surface area contributed by atoms with E-state index in [2.05, 4.69) is 0 Å². The first kappa shape index (κ1) is 17.8. The molecule has 5 rings (SSSR count). The lowest BCUT2D eigenvalue weighted by molar-refractivity contribution is -0.163. The highest BCUT2D eigenvalue weighted by Gasteiger charge is 2.57. The highest BCUT2D eigenvalue weighted by molar-refractivity contribution is 5.92. The minimum atomic E-state index is -1.02. The number of amides is 2. The minimum absolute atomic E-state index is 0.184. The smallest absolute Gasteiger partial charge is 0.326 e. The van der Waals surface area contributed by atoms with Gasteiger partial charge in [0, 0.05) is 13.6 Å². The van der Waals surface area contributed by atoms with Crippen molar-refractivity contribution >= 4 is 17.8 Å². The molecule has 1 aliphatic heterocycles. The number of hydrogen-bond acceptors (Lipinski definition) is 3. The zero-order valence-corrected chi connectivity index (χ0v) is 15.8. The third-order valence-electron chi connectivity index (χ3n) is 7.58. The number of likely N-dealkylation sites (tertiary alicyclic amines) is 1. The van der Waals surface area contributed by atoms with Crippen LogP contribution in [-0.4, -0.2) is 58.4 Å². The molecule has 0 aromatic carbocycles. The van der Waals surface area contributed by atoms with E-state index in [9.17, 15) is 19.5 Å². The average molecular weight is 362 g/mol. The number of likely N-dealkylation sites (N-methyl/N-ethyl adjacent to an activating group) is 1. The van der Waals surface area contributed by atoms with Crippen LogP contribution in [0.15, 0.2) is 0 Å². The van der Waals surface area contributed by atoms with Crippen LogP contribution in [0, 0.1) is 23.2 Å². The third-order valence-corrected chi connectivity index (χ3v) is 7.58. The van der Waals surface area contributed by atoms with E-state index in [4.69, 9.17) is 0 Å². The predicted octanol–water partition coefficient (Wildman–Crippen LogP) is 2.13. The van der Waals surface area contributed by atoms with Gasteiger partial charge in [0.2, 0.25) is 11.8 Å². The number of carboxylic acids is 1. The lowest BCUT2D eigenvalue weighted by Crippen LogP contribution is -2.58. The fourth-order valence-corrected chi connectivity index (χ4v) is 6.54. The molecule has 0 aromatic rings. The van der Waals surface area contributed by atoms with E-state index in [1.165, 1.54) is 38.1 Å². The van der Waals surface area contributed by atoms with Crippen LogP contribution in [0.3, 0.4) is 0 Å². The lowest BCUT2D eigenvalue weighted by atomic mass is 9.49. The summed E-state index contributed by atoms with van der Waals surface area (Å²) in [7, 11) is 1.53. The Labute approximate surface area is 154 Å². The highest BCUT2D eigenvalue weighted by Crippen LogP contribution is 2.60. The van der Waals surface area contributed by atoms with E-state index in [1.807, 2.05) is 0 Å². The molecule has 1 N–H and O–H groups in total. The number of carbonyl (C=O) groups is 3. The van der Waals surface area contributed by atoms with Gasteiger partial charge in [0.1, 0.15) is 12.1 Å². The number of nitrogens with zero attached hydrogens (tertiary/aromatic N) is 2. The monoisotopic (exact) mass is 362 g/mol. The second kappa shape index (κ2) is 6.24. The number of carbonyl (C=O) groups excluding carboxylic acids is 2. The summed E-state index contributed by atoms with van der Waals surface area (Å²) >= 11 is 0. The van der Waals surface area contributed by atoms with Crippen molar-refractivity contribution in [3.8, 4) is 0 Å². The zero-order chi connectivity index (χ0) is 18.6. The molecule has 5 aliphatic rings. The molecule has 5 fully saturated rings. The van der Waals surface area contributed by atoms with Gasteiger partial charge in [0.15, 0.2) is 0 Å². The Morgan fingerprint density at radius 1 is 1.08 bits per heavy atom. The Kier molecular flexibility index (Phi) is 4.27. The molecule has 2 amide bonds. The molecule has 26 heavy (non-hydrogen) atoms. The average Bonchev–Trinajstić information content (AvgIpc) is 3.07. The molecular formula is C20H30N2O4. The Morgan fingerprint density at radius 3 is 2.12 bits per heavy atom. The molecule has 0 radical (unpaired) electrons. The van der Waals surface area contributed by atoms with Crippen molar-refractivity contribution in [1.82, 2.24) is 9.80 Å². The molecule has 144 valence electrons. The summed E-state index contributed by atoms with van der Waals surface area (Å²) in [5.41, 5.74) is -0.241. The van der Waals surface area contributed by atoms with Crippen molar-refractivity contribution in [2.45, 2.75) is 70.4 Å². The largest absolute Gasteiger partial charge is 0.480 e. The maximum atomic E-state index is 13.6. The summed E-state index contributed by atoms with van der Waals surface area (Å²) in [6, 6.07) is -1.36. The first-order chi connectivity index (χ1) is 12.3. The number of rotatable bonds is 4. The minimum Gasteiger partial charge on any atom is -0.480 e. The van der Waals surface area contributed by atoms with Gasteiger partial charge in [0.05, 0.1) is 5.41 Å². The van der Waals surface area contributed by atoms with Crippen LogP contribution in [0.1, 0.15) is 58.3 Å². The summed E-state index contributed by atoms with van der Waals surface area (Å²) in [5, 5.41) is 9.20. The Balaban J connectivity index is 1.52. The van der Waals surface area contributed by atoms with Gasteiger partial charge in [-0.3, -0.25) is 9.59 Å². The SMILES string of the molecule is CC(C(=O)O)N(C)C(=O)C1CCCN1C(=O)C12CC3CC(CC(C3)C1)C2. The van der Waals surface area contributed by atoms with Crippen LogP contribution < -0.4 is 0 Å². The second-order valence-corrected chi connectivity index (χ2v) is 9.32. The summed E-state index contributed by atoms with van der Waals surface area (Å²) in [6.07, 6.45) is 8.32. The van der Waals surface area contributed by atoms with Crippen molar-refractivity contribution in [2.75, 3.05) is 13.6 Å². The van der Waals surface area contributed by atoms with E-state index in [-0.39, 0.29) is 17.2 Å². The molecule has 2 unspecified atom stereocenters. The van der Waals surface area contributed by atoms with Gasteiger partial charge in [-0.25, -0.2) is 4.79 Å². The highest BCUT2D eigenvalue weighted by atomic mass is 16.4. The fourth-order valence-electron chi connectivity index (χ4n) is 6.54. The molecule has 6 nitrogen and oxygen atoms in total. The maximum Gasteiger partial charge on any atom is 0.326 e. The predicted molar refractivity (Wildman–Crippen MR) is 95.2 cm³/mol. The first-order valence-electron chi connectivity index (χ1n) is 10.1. The van der Waals surface area contributed by atoms with Gasteiger partial charge < -0.3 is 14.9 Å². The standard InChI is InChI=1S/C20H30N2O4/c1-12(18(24)25)21(2)17(23)16-4-3-5-22(16)19(26)20-9-13-6-14(10-20)8-15(7-13)11-20/h12-16H,3-11H2,1-2H3,(H,24,25). The van der Waals surface area contributed by atoms with Gasteiger partial charge in [-0.2, -0.15) is 0 Å². The molecule has 2 atom stereocenters. The summed E-state index contributed by atoms with van der Waals surface area (Å²) in [4.78, 5) is 40.8. The topological polar surface area (TPSA) is 77.9 Å². The summed E-state index contributed by atoms with van der Waals surface area (Å²) in [6.45, 7) is 2.15. The van der Waals surface area contributed by atoms with Gasteiger partial charge >= 0.3 is 5.97 Å². The molecule has 6 heteroatoms. The summed E-state index contributed by atoms with van der Waals surface area (Å²) in [5.74, 6) is 1.02. The van der Waals surface area contributed by atoms with Crippen LogP contribution in [0.5, 0.6) is 0 Å². The van der Waals surface area contributed by atoms with E-state index >= 15 is 0 Å². The van der Waals surface area contributed by atoms with Crippen molar-refractivity contribution in [1.29, 1.82) is 0 Å². The van der Waals surface area contributed by atoms with Crippen LogP contribution in [0.2, 0.25) is 0 Å². The normalized spacial score (nSPS) is 39.1. The Bertz CT molecular complexity index is 596. The number of carboxylic acid groups (broad SMARTS) is 1. The lowest BCUT2D eigenvalue weighted by Gasteiger charge is -2.56. The van der Waals surface area contributed by atoms with Crippen LogP contribution in [-0.2, 0) is 14.4 Å². The fraction of sp³-hybridized carbons (Fsp3) is 0.850. The van der Waals surface area contributed by atoms with Crippen molar-refractivity contribution in [3.05, 3.63) is 0 Å².